The summed E-state index contributed by atoms with van der Waals surface area (Å²) in [5.74, 6) is 0. The van der Waals surface area contributed by atoms with Crippen molar-refractivity contribution in [2.45, 2.75) is 0 Å². The Hall–Kier alpha value is -8.14. The minimum atomic E-state index is 0.864. The monoisotopic (exact) mass is 778 g/mol. The highest BCUT2D eigenvalue weighted by atomic mass is 16.3. The lowest BCUT2D eigenvalue weighted by Crippen LogP contribution is -2.11. The standard InChI is InChI=1S/C58H38N2O/c1-3-15-42(16-4-1)48-37-38-54(57-50-23-10-12-28-55(50)61-58(48)57)60(53-27-14-26-52-56(53)49-22-9-11-25-51(49)59(52)44-19-5-2-6-20-44)45-35-33-40(34-36-45)39-29-31-43(32-30-39)47-24-13-18-41-17-7-8-21-46(41)47/h1-38H. The van der Waals surface area contributed by atoms with Gasteiger partial charge in [-0.25, -0.2) is 0 Å². The maximum absolute atomic E-state index is 6.83. The van der Waals surface area contributed by atoms with Crippen molar-refractivity contribution in [3.05, 3.63) is 231 Å². The molecule has 61 heavy (non-hydrogen) atoms. The number of benzene rings is 10. The lowest BCUT2D eigenvalue weighted by Gasteiger charge is -2.28. The zero-order valence-corrected chi connectivity index (χ0v) is 33.2. The number of para-hydroxylation sites is 3. The number of hydrogen-bond donors (Lipinski definition) is 0. The summed E-state index contributed by atoms with van der Waals surface area (Å²) < 4.78 is 9.22. The number of anilines is 3. The first kappa shape index (κ1) is 34.9. The van der Waals surface area contributed by atoms with Crippen LogP contribution in [-0.2, 0) is 0 Å². The quantitative estimate of drug-likeness (QED) is 0.161. The van der Waals surface area contributed by atoms with Crippen LogP contribution in [-0.4, -0.2) is 4.57 Å². The van der Waals surface area contributed by atoms with Gasteiger partial charge >= 0.3 is 0 Å². The molecule has 0 saturated carbocycles. The molecule has 0 aliphatic heterocycles. The Bertz CT molecular complexity index is 3550. The van der Waals surface area contributed by atoms with Gasteiger partial charge in [-0.05, 0) is 99.3 Å². The van der Waals surface area contributed by atoms with Crippen LogP contribution >= 0.6 is 0 Å². The average Bonchev–Trinajstić information content (AvgIpc) is 3.90. The zero-order valence-electron chi connectivity index (χ0n) is 33.2. The average molecular weight is 779 g/mol. The van der Waals surface area contributed by atoms with Gasteiger partial charge in [0.1, 0.15) is 11.2 Å². The van der Waals surface area contributed by atoms with Gasteiger partial charge in [0.25, 0.3) is 0 Å². The van der Waals surface area contributed by atoms with Crippen LogP contribution in [0.3, 0.4) is 0 Å². The molecular weight excluding hydrogens is 741 g/mol. The second kappa shape index (κ2) is 14.3. The van der Waals surface area contributed by atoms with Gasteiger partial charge in [0.15, 0.2) is 0 Å². The van der Waals surface area contributed by atoms with Crippen molar-refractivity contribution >= 4 is 71.6 Å². The van der Waals surface area contributed by atoms with Gasteiger partial charge in [-0.15, -0.1) is 0 Å². The van der Waals surface area contributed by atoms with Gasteiger partial charge in [-0.2, -0.15) is 0 Å². The number of furan rings is 1. The Kier molecular flexibility index (Phi) is 8.17. The van der Waals surface area contributed by atoms with E-state index in [9.17, 15) is 0 Å². The molecule has 2 aromatic heterocycles. The molecule has 0 aliphatic carbocycles. The molecule has 12 aromatic rings. The van der Waals surface area contributed by atoms with Gasteiger partial charge in [0.2, 0.25) is 0 Å². The van der Waals surface area contributed by atoms with Crippen molar-refractivity contribution in [2.24, 2.45) is 0 Å². The molecule has 10 aromatic carbocycles. The van der Waals surface area contributed by atoms with E-state index in [-0.39, 0.29) is 0 Å². The molecule has 0 atom stereocenters. The first-order valence-electron chi connectivity index (χ1n) is 20.8. The van der Waals surface area contributed by atoms with Gasteiger partial charge in [0.05, 0.1) is 27.8 Å². The molecule has 0 N–H and O–H groups in total. The fourth-order valence-electron chi connectivity index (χ4n) is 9.41. The fraction of sp³-hybridized carbons (Fsp3) is 0. The summed E-state index contributed by atoms with van der Waals surface area (Å²) in [4.78, 5) is 2.44. The Morgan fingerprint density at radius 3 is 1.72 bits per heavy atom. The summed E-state index contributed by atoms with van der Waals surface area (Å²) in [6.45, 7) is 0. The lowest BCUT2D eigenvalue weighted by atomic mass is 9.96. The largest absolute Gasteiger partial charge is 0.455 e. The van der Waals surface area contributed by atoms with Crippen LogP contribution < -0.4 is 4.90 Å². The minimum Gasteiger partial charge on any atom is -0.455 e. The number of hydrogen-bond acceptors (Lipinski definition) is 2. The Labute approximate surface area is 353 Å². The molecule has 0 aliphatic rings. The van der Waals surface area contributed by atoms with Crippen LogP contribution in [0.2, 0.25) is 0 Å². The van der Waals surface area contributed by atoms with E-state index in [1.165, 1.54) is 38.2 Å². The molecule has 0 bridgehead atoms. The second-order valence-electron chi connectivity index (χ2n) is 15.6. The van der Waals surface area contributed by atoms with E-state index in [1.54, 1.807) is 0 Å². The summed E-state index contributed by atoms with van der Waals surface area (Å²) >= 11 is 0. The molecule has 12 rings (SSSR count). The van der Waals surface area contributed by atoms with Crippen molar-refractivity contribution in [1.82, 2.24) is 4.57 Å². The molecule has 3 nitrogen and oxygen atoms in total. The smallest absolute Gasteiger partial charge is 0.145 e. The summed E-state index contributed by atoms with van der Waals surface area (Å²) in [5, 5.41) is 7.05. The highest BCUT2D eigenvalue weighted by Gasteiger charge is 2.25. The fourth-order valence-corrected chi connectivity index (χ4v) is 9.41. The van der Waals surface area contributed by atoms with E-state index in [0.717, 1.165) is 72.4 Å². The van der Waals surface area contributed by atoms with E-state index in [1.807, 2.05) is 0 Å². The van der Waals surface area contributed by atoms with Crippen molar-refractivity contribution in [3.8, 4) is 39.1 Å². The molecule has 0 spiro atoms. The topological polar surface area (TPSA) is 21.3 Å². The second-order valence-corrected chi connectivity index (χ2v) is 15.6. The van der Waals surface area contributed by atoms with E-state index in [0.29, 0.717) is 0 Å². The Morgan fingerprint density at radius 2 is 0.918 bits per heavy atom. The first-order valence-corrected chi connectivity index (χ1v) is 20.8. The highest BCUT2D eigenvalue weighted by molar-refractivity contribution is 6.21. The lowest BCUT2D eigenvalue weighted by molar-refractivity contribution is 0.670. The summed E-state index contributed by atoms with van der Waals surface area (Å²) in [6, 6.07) is 82.8. The van der Waals surface area contributed by atoms with Gasteiger partial charge in [-0.3, -0.25) is 0 Å². The third-order valence-corrected chi connectivity index (χ3v) is 12.2. The van der Waals surface area contributed by atoms with Crippen molar-refractivity contribution < 1.29 is 4.42 Å². The van der Waals surface area contributed by atoms with Crippen LogP contribution in [0, 0.1) is 0 Å². The molecule has 0 radical (unpaired) electrons. The van der Waals surface area contributed by atoms with Crippen LogP contribution in [0.15, 0.2) is 235 Å². The van der Waals surface area contributed by atoms with Crippen LogP contribution in [0.5, 0.6) is 0 Å². The van der Waals surface area contributed by atoms with E-state index in [2.05, 4.69) is 240 Å². The molecule has 0 fully saturated rings. The zero-order chi connectivity index (χ0) is 40.3. The number of aromatic nitrogens is 1. The van der Waals surface area contributed by atoms with Crippen molar-refractivity contribution in [2.75, 3.05) is 4.90 Å². The molecule has 2 heterocycles. The van der Waals surface area contributed by atoms with Crippen LogP contribution in [0.1, 0.15) is 0 Å². The Morgan fingerprint density at radius 1 is 0.344 bits per heavy atom. The maximum atomic E-state index is 6.83. The van der Waals surface area contributed by atoms with E-state index < -0.39 is 0 Å². The summed E-state index contributed by atoms with van der Waals surface area (Å²) in [7, 11) is 0. The van der Waals surface area contributed by atoms with Gasteiger partial charge in [-0.1, -0.05) is 170 Å². The molecule has 0 saturated heterocycles. The molecule has 286 valence electrons. The predicted octanol–water partition coefficient (Wildman–Crippen LogP) is 16.3. The normalized spacial score (nSPS) is 11.6. The SMILES string of the molecule is c1ccc(-c2ccc(N(c3ccc(-c4ccc(-c5cccc6ccccc56)cc4)cc3)c3cccc4c3c3ccccc3n4-c3ccccc3)c3c2oc2ccccc23)cc1. The first-order chi connectivity index (χ1) is 30.3. The molecule has 0 amide bonds. The van der Waals surface area contributed by atoms with Gasteiger partial charge < -0.3 is 13.9 Å². The van der Waals surface area contributed by atoms with E-state index in [4.69, 9.17) is 4.42 Å². The van der Waals surface area contributed by atoms with Crippen LogP contribution in [0.25, 0.3) is 93.6 Å². The summed E-state index contributed by atoms with van der Waals surface area (Å²) in [5.41, 5.74) is 15.3. The minimum absolute atomic E-state index is 0.864. The van der Waals surface area contributed by atoms with Crippen molar-refractivity contribution in [1.29, 1.82) is 0 Å². The Balaban J connectivity index is 1.07. The summed E-state index contributed by atoms with van der Waals surface area (Å²) in [6.07, 6.45) is 0. The number of rotatable bonds is 7. The molecular formula is C58H38N2O. The third-order valence-electron chi connectivity index (χ3n) is 12.2. The third kappa shape index (κ3) is 5.74. The predicted molar refractivity (Wildman–Crippen MR) is 257 cm³/mol. The highest BCUT2D eigenvalue weighted by Crippen LogP contribution is 2.49. The van der Waals surface area contributed by atoms with Crippen molar-refractivity contribution in [3.63, 3.8) is 0 Å². The van der Waals surface area contributed by atoms with Crippen LogP contribution in [0.4, 0.5) is 17.1 Å². The maximum Gasteiger partial charge on any atom is 0.145 e. The van der Waals surface area contributed by atoms with E-state index >= 15 is 0 Å². The molecule has 0 unspecified atom stereocenters. The number of nitrogens with zero attached hydrogens (tertiary/aromatic N) is 2. The van der Waals surface area contributed by atoms with Gasteiger partial charge in [0, 0.05) is 33.1 Å². The number of fused-ring (bicyclic) bond motifs is 7. The molecule has 3 heteroatoms.